The summed E-state index contributed by atoms with van der Waals surface area (Å²) in [5, 5.41) is 14.2. The SMILES string of the molecule is CN(C)c1ccc(-c2nnc3nc4[nH]c5ccccc5c4nn23)cc1. The average molecular weight is 329 g/mol. The topological polar surface area (TPSA) is 75.0 Å². The van der Waals surface area contributed by atoms with Gasteiger partial charge >= 0.3 is 0 Å². The molecule has 0 aliphatic carbocycles. The van der Waals surface area contributed by atoms with Crippen LogP contribution in [0.15, 0.2) is 48.5 Å². The van der Waals surface area contributed by atoms with Gasteiger partial charge in [0, 0.05) is 36.2 Å². The Hall–Kier alpha value is -3.48. The van der Waals surface area contributed by atoms with Gasteiger partial charge in [0.1, 0.15) is 5.52 Å². The number of aromatic nitrogens is 6. The highest BCUT2D eigenvalue weighted by Gasteiger charge is 2.14. The number of H-pyrrole nitrogens is 1. The molecule has 25 heavy (non-hydrogen) atoms. The normalized spacial score (nSPS) is 11.6. The van der Waals surface area contributed by atoms with Gasteiger partial charge in [-0.15, -0.1) is 10.2 Å². The van der Waals surface area contributed by atoms with Gasteiger partial charge in [0.25, 0.3) is 5.78 Å². The first kappa shape index (κ1) is 13.9. The molecule has 0 fully saturated rings. The second kappa shape index (κ2) is 5.01. The van der Waals surface area contributed by atoms with E-state index in [4.69, 9.17) is 5.10 Å². The number of hydrogen-bond acceptors (Lipinski definition) is 5. The Kier molecular flexibility index (Phi) is 2.79. The van der Waals surface area contributed by atoms with Crippen LogP contribution in [0.4, 0.5) is 5.69 Å². The van der Waals surface area contributed by atoms with E-state index >= 15 is 0 Å². The molecule has 0 saturated carbocycles. The zero-order valence-electron chi connectivity index (χ0n) is 13.8. The van der Waals surface area contributed by atoms with Crippen LogP contribution < -0.4 is 4.90 Å². The first-order valence-corrected chi connectivity index (χ1v) is 7.98. The highest BCUT2D eigenvalue weighted by Crippen LogP contribution is 2.25. The van der Waals surface area contributed by atoms with Crippen molar-refractivity contribution in [3.63, 3.8) is 0 Å². The molecule has 0 bridgehead atoms. The van der Waals surface area contributed by atoms with Crippen molar-refractivity contribution in [3.8, 4) is 11.4 Å². The van der Waals surface area contributed by atoms with E-state index in [0.717, 1.165) is 33.3 Å². The van der Waals surface area contributed by atoms with Gasteiger partial charge in [-0.25, -0.2) is 0 Å². The van der Waals surface area contributed by atoms with Crippen molar-refractivity contribution >= 4 is 33.5 Å². The molecule has 0 spiro atoms. The first-order valence-electron chi connectivity index (χ1n) is 7.98. The average Bonchev–Trinajstić information content (AvgIpc) is 3.20. The predicted octanol–water partition coefficient (Wildman–Crippen LogP) is 2.89. The van der Waals surface area contributed by atoms with Gasteiger partial charge in [-0.1, -0.05) is 18.2 Å². The monoisotopic (exact) mass is 329 g/mol. The van der Waals surface area contributed by atoms with Crippen molar-refractivity contribution in [2.75, 3.05) is 19.0 Å². The second-order valence-electron chi connectivity index (χ2n) is 6.16. The number of aromatic amines is 1. The fourth-order valence-corrected chi connectivity index (χ4v) is 3.02. The molecule has 5 rings (SSSR count). The summed E-state index contributed by atoms with van der Waals surface area (Å²) in [5.74, 6) is 1.16. The standard InChI is InChI=1S/C18H15N7/c1-24(2)12-9-7-11(8-10-12)17-21-22-18-20-16-15(23-25(17)18)13-5-3-4-6-14(13)19-16/h3-10H,1-2H3,(H,19,20,22). The fourth-order valence-electron chi connectivity index (χ4n) is 3.02. The van der Waals surface area contributed by atoms with Gasteiger partial charge < -0.3 is 9.88 Å². The number of para-hydroxylation sites is 1. The third-order valence-electron chi connectivity index (χ3n) is 4.34. The number of anilines is 1. The molecule has 0 amide bonds. The molecule has 1 N–H and O–H groups in total. The van der Waals surface area contributed by atoms with Gasteiger partial charge in [-0.3, -0.25) is 0 Å². The quantitative estimate of drug-likeness (QED) is 0.539. The number of benzene rings is 2. The molecule has 5 aromatic rings. The minimum absolute atomic E-state index is 0.478. The smallest absolute Gasteiger partial charge is 0.274 e. The largest absolute Gasteiger partial charge is 0.378 e. The molecule has 7 heteroatoms. The van der Waals surface area contributed by atoms with Gasteiger partial charge in [0.2, 0.25) is 0 Å². The predicted molar refractivity (Wildman–Crippen MR) is 97.7 cm³/mol. The molecule has 3 aromatic heterocycles. The van der Waals surface area contributed by atoms with E-state index in [-0.39, 0.29) is 0 Å². The molecular formula is C18H15N7. The fraction of sp³-hybridized carbons (Fsp3) is 0.111. The zero-order valence-corrected chi connectivity index (χ0v) is 13.8. The van der Waals surface area contributed by atoms with Crippen LogP contribution in [-0.4, -0.2) is 43.9 Å². The Bertz CT molecular complexity index is 1220. The molecule has 0 saturated heterocycles. The lowest BCUT2D eigenvalue weighted by atomic mass is 10.2. The van der Waals surface area contributed by atoms with Gasteiger partial charge in [-0.2, -0.15) is 14.6 Å². The number of rotatable bonds is 2. The van der Waals surface area contributed by atoms with E-state index in [1.807, 2.05) is 62.6 Å². The van der Waals surface area contributed by atoms with Crippen LogP contribution in [-0.2, 0) is 0 Å². The molecule has 122 valence electrons. The summed E-state index contributed by atoms with van der Waals surface area (Å²) in [6, 6.07) is 16.2. The highest BCUT2D eigenvalue weighted by atomic mass is 15.4. The summed E-state index contributed by atoms with van der Waals surface area (Å²) in [5.41, 5.74) is 4.62. The van der Waals surface area contributed by atoms with Crippen molar-refractivity contribution in [1.29, 1.82) is 0 Å². The van der Waals surface area contributed by atoms with Crippen molar-refractivity contribution in [3.05, 3.63) is 48.5 Å². The van der Waals surface area contributed by atoms with Gasteiger partial charge in [0.05, 0.1) is 0 Å². The van der Waals surface area contributed by atoms with Crippen LogP contribution in [0.5, 0.6) is 0 Å². The lowest BCUT2D eigenvalue weighted by Gasteiger charge is -2.12. The van der Waals surface area contributed by atoms with E-state index in [1.165, 1.54) is 0 Å². The van der Waals surface area contributed by atoms with E-state index < -0.39 is 0 Å². The molecule has 0 atom stereocenters. The van der Waals surface area contributed by atoms with Gasteiger partial charge in [0.15, 0.2) is 11.5 Å². The van der Waals surface area contributed by atoms with Crippen LogP contribution in [0, 0.1) is 0 Å². The molecular weight excluding hydrogens is 314 g/mol. The van der Waals surface area contributed by atoms with E-state index in [9.17, 15) is 0 Å². The zero-order chi connectivity index (χ0) is 17.0. The Morgan fingerprint density at radius 3 is 2.56 bits per heavy atom. The first-order chi connectivity index (χ1) is 12.2. The molecule has 3 heterocycles. The molecule has 0 radical (unpaired) electrons. The van der Waals surface area contributed by atoms with Crippen molar-refractivity contribution in [1.82, 2.24) is 29.8 Å². The second-order valence-corrected chi connectivity index (χ2v) is 6.16. The molecule has 0 aliphatic heterocycles. The number of nitrogens with one attached hydrogen (secondary N) is 1. The minimum atomic E-state index is 0.478. The summed E-state index contributed by atoms with van der Waals surface area (Å²) in [7, 11) is 4.03. The summed E-state index contributed by atoms with van der Waals surface area (Å²) >= 11 is 0. The van der Waals surface area contributed by atoms with E-state index in [0.29, 0.717) is 11.6 Å². The van der Waals surface area contributed by atoms with Crippen LogP contribution >= 0.6 is 0 Å². The summed E-state index contributed by atoms with van der Waals surface area (Å²) in [6.07, 6.45) is 0. The lowest BCUT2D eigenvalue weighted by molar-refractivity contribution is 0.946. The van der Waals surface area contributed by atoms with Gasteiger partial charge in [-0.05, 0) is 30.3 Å². The van der Waals surface area contributed by atoms with Crippen LogP contribution in [0.1, 0.15) is 0 Å². The Morgan fingerprint density at radius 1 is 0.960 bits per heavy atom. The summed E-state index contributed by atoms with van der Waals surface area (Å²) in [6.45, 7) is 0. The number of fused-ring (bicyclic) bond motifs is 4. The maximum absolute atomic E-state index is 4.75. The Morgan fingerprint density at radius 2 is 1.76 bits per heavy atom. The third-order valence-corrected chi connectivity index (χ3v) is 4.34. The van der Waals surface area contributed by atoms with E-state index in [1.54, 1.807) is 4.52 Å². The Labute approximate surface area is 142 Å². The van der Waals surface area contributed by atoms with Crippen molar-refractivity contribution in [2.45, 2.75) is 0 Å². The number of nitrogens with zero attached hydrogens (tertiary/aromatic N) is 6. The third kappa shape index (κ3) is 2.06. The lowest BCUT2D eigenvalue weighted by Crippen LogP contribution is -2.08. The summed E-state index contributed by atoms with van der Waals surface area (Å²) < 4.78 is 1.70. The Balaban J connectivity index is 1.74. The number of hydrogen-bond donors (Lipinski definition) is 1. The van der Waals surface area contributed by atoms with Crippen molar-refractivity contribution in [2.24, 2.45) is 0 Å². The molecule has 7 nitrogen and oxygen atoms in total. The molecule has 2 aromatic carbocycles. The molecule has 0 aliphatic rings. The van der Waals surface area contributed by atoms with Crippen LogP contribution in [0.2, 0.25) is 0 Å². The highest BCUT2D eigenvalue weighted by molar-refractivity contribution is 6.03. The van der Waals surface area contributed by atoms with E-state index in [2.05, 4.69) is 25.1 Å². The van der Waals surface area contributed by atoms with Crippen LogP contribution in [0.3, 0.4) is 0 Å². The van der Waals surface area contributed by atoms with Crippen molar-refractivity contribution < 1.29 is 0 Å². The minimum Gasteiger partial charge on any atom is -0.378 e. The maximum atomic E-state index is 4.75. The summed E-state index contributed by atoms with van der Waals surface area (Å²) in [4.78, 5) is 9.91. The molecule has 0 unspecified atom stereocenters. The maximum Gasteiger partial charge on any atom is 0.274 e. The van der Waals surface area contributed by atoms with Crippen LogP contribution in [0.25, 0.3) is 39.2 Å².